The van der Waals surface area contributed by atoms with Gasteiger partial charge in [0, 0.05) is 6.21 Å². The molecule has 1 unspecified atom stereocenters. The van der Waals surface area contributed by atoms with Crippen molar-refractivity contribution in [2.75, 3.05) is 0 Å². The molecule has 1 heterocycles. The predicted molar refractivity (Wildman–Crippen MR) is 97.0 cm³/mol. The van der Waals surface area contributed by atoms with Crippen molar-refractivity contribution in [3.05, 3.63) is 77.4 Å². The van der Waals surface area contributed by atoms with Crippen molar-refractivity contribution in [1.82, 2.24) is 4.72 Å². The van der Waals surface area contributed by atoms with Gasteiger partial charge in [-0.2, -0.15) is 0 Å². The molecular formula is C19H18N2O3S. The van der Waals surface area contributed by atoms with Crippen molar-refractivity contribution in [1.29, 1.82) is 0 Å². The molecule has 2 aromatic carbocycles. The summed E-state index contributed by atoms with van der Waals surface area (Å²) in [6.45, 7) is 3.80. The number of hydrogen-bond acceptors (Lipinski definition) is 4. The number of hydrogen-bond donors (Lipinski definition) is 1. The van der Waals surface area contributed by atoms with Gasteiger partial charge in [0.2, 0.25) is 0 Å². The van der Waals surface area contributed by atoms with Crippen LogP contribution in [-0.4, -0.2) is 20.5 Å². The number of rotatable bonds is 4. The lowest BCUT2D eigenvalue weighted by Crippen LogP contribution is -2.43. The highest BCUT2D eigenvalue weighted by molar-refractivity contribution is 7.90. The lowest BCUT2D eigenvalue weighted by molar-refractivity contribution is -0.123. The van der Waals surface area contributed by atoms with Gasteiger partial charge in [0.25, 0.3) is 15.9 Å². The van der Waals surface area contributed by atoms with Crippen LogP contribution in [0.3, 0.4) is 0 Å². The summed E-state index contributed by atoms with van der Waals surface area (Å²) in [5.74, 6) is -0.707. The predicted octanol–water partition coefficient (Wildman–Crippen LogP) is 2.64. The first-order valence-electron chi connectivity index (χ1n) is 7.78. The number of nitrogens with one attached hydrogen (secondary N) is 1. The van der Waals surface area contributed by atoms with Gasteiger partial charge in [0.05, 0.1) is 4.90 Å². The van der Waals surface area contributed by atoms with Crippen LogP contribution in [0, 0.1) is 13.8 Å². The topological polar surface area (TPSA) is 75.6 Å². The molecule has 0 radical (unpaired) electrons. The number of aryl methyl sites for hydroxylation is 2. The van der Waals surface area contributed by atoms with Crippen LogP contribution in [0.5, 0.6) is 0 Å². The molecule has 2 aromatic rings. The van der Waals surface area contributed by atoms with E-state index in [4.69, 9.17) is 0 Å². The number of amides is 1. The highest BCUT2D eigenvalue weighted by Crippen LogP contribution is 2.31. The highest BCUT2D eigenvalue weighted by Gasteiger charge is 2.40. The number of nitrogens with zero attached hydrogens (tertiary/aromatic N) is 1. The highest BCUT2D eigenvalue weighted by atomic mass is 32.2. The third-order valence-corrected chi connectivity index (χ3v) is 5.44. The number of carbonyl (C=O) groups is 1. The Bertz CT molecular complexity index is 945. The van der Waals surface area contributed by atoms with E-state index in [9.17, 15) is 13.2 Å². The van der Waals surface area contributed by atoms with Crippen LogP contribution in [0.2, 0.25) is 0 Å². The van der Waals surface area contributed by atoms with Crippen molar-refractivity contribution >= 4 is 22.1 Å². The van der Waals surface area contributed by atoms with Crippen LogP contribution in [0.1, 0.15) is 16.7 Å². The lowest BCUT2D eigenvalue weighted by atomic mass is 9.90. The van der Waals surface area contributed by atoms with Crippen molar-refractivity contribution < 1.29 is 13.2 Å². The number of allylic oxidation sites excluding steroid dienone is 1. The molecule has 128 valence electrons. The van der Waals surface area contributed by atoms with E-state index < -0.39 is 21.5 Å². The zero-order valence-electron chi connectivity index (χ0n) is 13.9. The van der Waals surface area contributed by atoms with Gasteiger partial charge in [-0.1, -0.05) is 47.5 Å². The van der Waals surface area contributed by atoms with E-state index in [2.05, 4.69) is 9.71 Å². The van der Waals surface area contributed by atoms with Crippen LogP contribution >= 0.6 is 0 Å². The Morgan fingerprint density at radius 3 is 2.04 bits per heavy atom. The van der Waals surface area contributed by atoms with Crippen molar-refractivity contribution in [3.8, 4) is 0 Å². The average molecular weight is 354 g/mol. The molecule has 0 bridgehead atoms. The first-order valence-corrected chi connectivity index (χ1v) is 9.26. The van der Waals surface area contributed by atoms with Crippen molar-refractivity contribution in [3.63, 3.8) is 0 Å². The van der Waals surface area contributed by atoms with E-state index in [-0.39, 0.29) is 4.90 Å². The summed E-state index contributed by atoms with van der Waals surface area (Å²) < 4.78 is 27.2. The normalized spacial score (nSPS) is 19.1. The molecule has 3 rings (SSSR count). The van der Waals surface area contributed by atoms with E-state index in [1.165, 1.54) is 18.3 Å². The third-order valence-electron chi connectivity index (χ3n) is 4.10. The quantitative estimate of drug-likeness (QED) is 0.917. The molecule has 0 saturated heterocycles. The molecule has 5 nitrogen and oxygen atoms in total. The van der Waals surface area contributed by atoms with Crippen LogP contribution in [0.25, 0.3) is 0 Å². The van der Waals surface area contributed by atoms with Gasteiger partial charge in [-0.15, -0.1) is 0 Å². The summed E-state index contributed by atoms with van der Waals surface area (Å²) >= 11 is 0. The van der Waals surface area contributed by atoms with Crippen LogP contribution in [0.4, 0.5) is 0 Å². The fraction of sp³-hybridized carbons (Fsp3) is 0.158. The Balaban J connectivity index is 1.95. The van der Waals surface area contributed by atoms with Crippen LogP contribution < -0.4 is 4.72 Å². The van der Waals surface area contributed by atoms with E-state index in [1.54, 1.807) is 36.4 Å². The fourth-order valence-electron chi connectivity index (χ4n) is 2.61. The van der Waals surface area contributed by atoms with Gasteiger partial charge in [-0.25, -0.2) is 13.1 Å². The maximum atomic E-state index is 12.9. The zero-order chi connectivity index (χ0) is 18.1. The molecule has 1 N–H and O–H groups in total. The van der Waals surface area contributed by atoms with Crippen LogP contribution in [0.15, 0.2) is 70.6 Å². The zero-order valence-corrected chi connectivity index (χ0v) is 14.7. The molecular weight excluding hydrogens is 336 g/mol. The third kappa shape index (κ3) is 3.25. The van der Waals surface area contributed by atoms with Gasteiger partial charge in [0.1, 0.15) is 0 Å². The number of benzene rings is 2. The summed E-state index contributed by atoms with van der Waals surface area (Å²) in [5, 5.41) is 0. The Hall–Kier alpha value is -2.73. The monoisotopic (exact) mass is 354 g/mol. The minimum atomic E-state index is -3.98. The minimum Gasteiger partial charge on any atom is -0.270 e. The summed E-state index contributed by atoms with van der Waals surface area (Å²) in [6, 6.07) is 13.6. The summed E-state index contributed by atoms with van der Waals surface area (Å²) in [4.78, 5) is 17.1. The van der Waals surface area contributed by atoms with Gasteiger partial charge in [-0.3, -0.25) is 9.79 Å². The van der Waals surface area contributed by atoms with E-state index in [0.717, 1.165) is 11.1 Å². The SMILES string of the molecule is Cc1ccc(C2(C(=O)NS(=O)(=O)c3ccc(C)cc3)C=CC=N2)cc1. The second kappa shape index (κ2) is 6.29. The smallest absolute Gasteiger partial charge is 0.270 e. The Labute approximate surface area is 147 Å². The molecule has 1 amide bonds. The lowest BCUT2D eigenvalue weighted by Gasteiger charge is -2.23. The molecule has 25 heavy (non-hydrogen) atoms. The van der Waals surface area contributed by atoms with E-state index in [1.807, 2.05) is 26.0 Å². The molecule has 1 aliphatic heterocycles. The Morgan fingerprint density at radius 1 is 0.960 bits per heavy atom. The van der Waals surface area contributed by atoms with Crippen molar-refractivity contribution in [2.24, 2.45) is 4.99 Å². The number of sulfonamides is 1. The number of carbonyl (C=O) groups excluding carboxylic acids is 1. The molecule has 0 aromatic heterocycles. The van der Waals surface area contributed by atoms with Gasteiger partial charge < -0.3 is 0 Å². The first-order chi connectivity index (χ1) is 11.8. The van der Waals surface area contributed by atoms with Crippen LogP contribution in [-0.2, 0) is 20.4 Å². The van der Waals surface area contributed by atoms with E-state index in [0.29, 0.717) is 5.56 Å². The summed E-state index contributed by atoms with van der Waals surface area (Å²) in [6.07, 6.45) is 4.73. The summed E-state index contributed by atoms with van der Waals surface area (Å²) in [7, 11) is -3.98. The van der Waals surface area contributed by atoms with Gasteiger partial charge in [-0.05, 0) is 43.7 Å². The van der Waals surface area contributed by atoms with E-state index >= 15 is 0 Å². The fourth-order valence-corrected chi connectivity index (χ4v) is 3.62. The molecule has 1 aliphatic rings. The molecule has 0 saturated carbocycles. The van der Waals surface area contributed by atoms with Crippen molar-refractivity contribution in [2.45, 2.75) is 24.3 Å². The maximum Gasteiger partial charge on any atom is 0.270 e. The van der Waals surface area contributed by atoms with Gasteiger partial charge in [0.15, 0.2) is 5.54 Å². The second-order valence-electron chi connectivity index (χ2n) is 6.02. The molecule has 0 spiro atoms. The standard InChI is InChI=1S/C19H18N2O3S/c1-14-4-8-16(9-5-14)19(12-3-13-20-19)18(22)21-25(23,24)17-10-6-15(2)7-11-17/h3-13H,1-2H3,(H,21,22). The average Bonchev–Trinajstić information content (AvgIpc) is 3.06. The second-order valence-corrected chi connectivity index (χ2v) is 7.70. The van der Waals surface area contributed by atoms with Gasteiger partial charge >= 0.3 is 0 Å². The molecule has 0 fully saturated rings. The number of aliphatic imine (C=N–C) groups is 1. The molecule has 1 atom stereocenters. The summed E-state index contributed by atoms with van der Waals surface area (Å²) in [5.41, 5.74) is 1.22. The minimum absolute atomic E-state index is 0.0384. The Morgan fingerprint density at radius 2 is 1.52 bits per heavy atom. The largest absolute Gasteiger partial charge is 0.270 e. The molecule has 0 aliphatic carbocycles. The first kappa shape index (κ1) is 17.1. The maximum absolute atomic E-state index is 12.9. The molecule has 6 heteroatoms. The Kier molecular flexibility index (Phi) is 4.30.